The number of hydrogen-bond acceptors (Lipinski definition) is 3. The van der Waals surface area contributed by atoms with Gasteiger partial charge in [0.05, 0.1) is 13.2 Å². The quantitative estimate of drug-likeness (QED) is 0.811. The predicted octanol–water partition coefficient (Wildman–Crippen LogP) is 2.15. The summed E-state index contributed by atoms with van der Waals surface area (Å²) in [6.07, 6.45) is -1.20. The van der Waals surface area contributed by atoms with Crippen molar-refractivity contribution < 1.29 is 18.3 Å². The lowest BCUT2D eigenvalue weighted by atomic mass is 9.78. The number of likely N-dealkylation sites (N-methyl/N-ethyl adjacent to an activating group) is 1. The van der Waals surface area contributed by atoms with E-state index in [1.54, 1.807) is 20.9 Å². The van der Waals surface area contributed by atoms with Crippen molar-refractivity contribution >= 4 is 0 Å². The van der Waals surface area contributed by atoms with Gasteiger partial charge in [-0.05, 0) is 46.6 Å². The second kappa shape index (κ2) is 6.41. The van der Waals surface area contributed by atoms with Crippen LogP contribution in [0.2, 0.25) is 0 Å². The summed E-state index contributed by atoms with van der Waals surface area (Å²) in [6.45, 7) is 2.68. The molecular weight excluding hydrogens is 257 g/mol. The summed E-state index contributed by atoms with van der Waals surface area (Å²) in [5.41, 5.74) is -0.429. The van der Waals surface area contributed by atoms with Gasteiger partial charge in [0.2, 0.25) is 0 Å². The normalized spacial score (nSPS) is 29.2. The highest BCUT2D eigenvalue weighted by molar-refractivity contribution is 4.96. The van der Waals surface area contributed by atoms with Crippen molar-refractivity contribution in [1.82, 2.24) is 10.2 Å². The molecule has 0 bridgehead atoms. The predicted molar refractivity (Wildman–Crippen MR) is 69.0 cm³/mol. The molecule has 1 aliphatic rings. The third-order valence-corrected chi connectivity index (χ3v) is 4.15. The second-order valence-corrected chi connectivity index (χ2v) is 5.82. The van der Waals surface area contributed by atoms with E-state index in [0.717, 1.165) is 19.3 Å². The average molecular weight is 282 g/mol. The minimum absolute atomic E-state index is 0.0298. The lowest BCUT2D eigenvalue weighted by molar-refractivity contribution is -0.158. The van der Waals surface area contributed by atoms with E-state index in [1.807, 2.05) is 0 Å². The van der Waals surface area contributed by atoms with Crippen LogP contribution in [-0.2, 0) is 0 Å². The van der Waals surface area contributed by atoms with Crippen LogP contribution in [0.5, 0.6) is 0 Å². The number of nitrogens with one attached hydrogen (secondary N) is 1. The minimum Gasteiger partial charge on any atom is -0.394 e. The molecule has 0 spiro atoms. The Balaban J connectivity index is 2.79. The van der Waals surface area contributed by atoms with Gasteiger partial charge < -0.3 is 10.4 Å². The van der Waals surface area contributed by atoms with Gasteiger partial charge in [0, 0.05) is 17.6 Å². The maximum Gasteiger partial charge on any atom is 0.401 e. The van der Waals surface area contributed by atoms with Crippen LogP contribution < -0.4 is 5.32 Å². The molecule has 0 aromatic carbocycles. The number of hydrogen-bond donors (Lipinski definition) is 2. The summed E-state index contributed by atoms with van der Waals surface area (Å²) in [5.74, 6) is 0. The second-order valence-electron chi connectivity index (χ2n) is 5.82. The van der Waals surface area contributed by atoms with E-state index in [-0.39, 0.29) is 18.7 Å². The Bertz CT molecular complexity index is 278. The van der Waals surface area contributed by atoms with Gasteiger partial charge in [-0.25, -0.2) is 0 Å². The van der Waals surface area contributed by atoms with Crippen molar-refractivity contribution in [3.63, 3.8) is 0 Å². The van der Waals surface area contributed by atoms with Crippen LogP contribution in [0.3, 0.4) is 0 Å². The van der Waals surface area contributed by atoms with Crippen LogP contribution in [0.4, 0.5) is 13.2 Å². The molecule has 0 aliphatic heterocycles. The van der Waals surface area contributed by atoms with E-state index < -0.39 is 18.3 Å². The van der Waals surface area contributed by atoms with Crippen LogP contribution in [0.25, 0.3) is 0 Å². The first-order valence-corrected chi connectivity index (χ1v) is 6.85. The SMILES string of the molecule is CNC1(CO)CCCC(N(CC(F)(F)F)C(C)C)C1. The first-order valence-electron chi connectivity index (χ1n) is 6.85. The fourth-order valence-electron chi connectivity index (χ4n) is 3.00. The Hall–Kier alpha value is -0.330. The highest BCUT2D eigenvalue weighted by atomic mass is 19.4. The molecule has 19 heavy (non-hydrogen) atoms. The van der Waals surface area contributed by atoms with E-state index >= 15 is 0 Å². The van der Waals surface area contributed by atoms with Crippen LogP contribution in [0.15, 0.2) is 0 Å². The molecule has 2 N–H and O–H groups in total. The van der Waals surface area contributed by atoms with Crippen molar-refractivity contribution in [2.45, 2.75) is 63.3 Å². The molecule has 0 aromatic rings. The summed E-state index contributed by atoms with van der Waals surface area (Å²) in [6, 6.07) is -0.284. The van der Waals surface area contributed by atoms with Crippen molar-refractivity contribution in [1.29, 1.82) is 0 Å². The summed E-state index contributed by atoms with van der Waals surface area (Å²) < 4.78 is 38.0. The molecular formula is C13H25F3N2O. The zero-order chi connectivity index (χ0) is 14.7. The summed E-state index contributed by atoms with van der Waals surface area (Å²) in [4.78, 5) is 1.51. The van der Waals surface area contributed by atoms with Gasteiger partial charge in [-0.2, -0.15) is 13.2 Å². The lowest BCUT2D eigenvalue weighted by Crippen LogP contribution is -2.56. The van der Waals surface area contributed by atoms with Crippen LogP contribution >= 0.6 is 0 Å². The van der Waals surface area contributed by atoms with E-state index in [4.69, 9.17) is 0 Å². The summed E-state index contributed by atoms with van der Waals surface area (Å²) in [7, 11) is 1.77. The first-order chi connectivity index (χ1) is 8.73. The Morgan fingerprint density at radius 2 is 2.05 bits per heavy atom. The number of nitrogens with zero attached hydrogens (tertiary/aromatic N) is 1. The van der Waals surface area contributed by atoms with E-state index in [1.165, 1.54) is 4.90 Å². The molecule has 0 heterocycles. The fraction of sp³-hybridized carbons (Fsp3) is 1.00. The summed E-state index contributed by atoms with van der Waals surface area (Å²) in [5, 5.41) is 12.6. The third kappa shape index (κ3) is 4.61. The Morgan fingerprint density at radius 3 is 2.47 bits per heavy atom. The van der Waals surface area contributed by atoms with Gasteiger partial charge in [0.1, 0.15) is 0 Å². The zero-order valence-corrected chi connectivity index (χ0v) is 11.9. The molecule has 0 amide bonds. The largest absolute Gasteiger partial charge is 0.401 e. The molecule has 2 atom stereocenters. The maximum atomic E-state index is 12.7. The molecule has 1 fully saturated rings. The average Bonchev–Trinajstić information content (AvgIpc) is 2.34. The van der Waals surface area contributed by atoms with Crippen molar-refractivity contribution in [2.24, 2.45) is 0 Å². The Morgan fingerprint density at radius 1 is 1.42 bits per heavy atom. The first kappa shape index (κ1) is 16.7. The van der Waals surface area contributed by atoms with Gasteiger partial charge in [0.25, 0.3) is 0 Å². The molecule has 1 aliphatic carbocycles. The van der Waals surface area contributed by atoms with Crippen LogP contribution in [0.1, 0.15) is 39.5 Å². The molecule has 6 heteroatoms. The number of alkyl halides is 3. The molecule has 114 valence electrons. The van der Waals surface area contributed by atoms with Gasteiger partial charge in [-0.1, -0.05) is 0 Å². The highest BCUT2D eigenvalue weighted by Crippen LogP contribution is 2.33. The minimum atomic E-state index is -4.18. The summed E-state index contributed by atoms with van der Waals surface area (Å²) >= 11 is 0. The van der Waals surface area contributed by atoms with Gasteiger partial charge >= 0.3 is 6.18 Å². The van der Waals surface area contributed by atoms with Gasteiger partial charge in [-0.15, -0.1) is 0 Å². The Kier molecular flexibility index (Phi) is 5.65. The Labute approximate surface area is 113 Å². The number of rotatable bonds is 5. The zero-order valence-electron chi connectivity index (χ0n) is 11.9. The van der Waals surface area contributed by atoms with Crippen molar-refractivity contribution in [2.75, 3.05) is 20.2 Å². The monoisotopic (exact) mass is 282 g/mol. The van der Waals surface area contributed by atoms with Crippen molar-refractivity contribution in [3.8, 4) is 0 Å². The third-order valence-electron chi connectivity index (χ3n) is 4.15. The standard InChI is InChI=1S/C13H25F3N2O/c1-10(2)18(8-13(14,15)16)11-5-4-6-12(7-11,9-19)17-3/h10-11,17,19H,4-9H2,1-3H3. The lowest BCUT2D eigenvalue weighted by Gasteiger charge is -2.45. The molecule has 0 radical (unpaired) electrons. The van der Waals surface area contributed by atoms with E-state index in [9.17, 15) is 18.3 Å². The van der Waals surface area contributed by atoms with E-state index in [0.29, 0.717) is 6.42 Å². The van der Waals surface area contributed by atoms with Crippen LogP contribution in [0, 0.1) is 0 Å². The number of aliphatic hydroxyl groups excluding tert-OH is 1. The topological polar surface area (TPSA) is 35.5 Å². The fourth-order valence-corrected chi connectivity index (χ4v) is 3.00. The van der Waals surface area contributed by atoms with Crippen LogP contribution in [-0.4, -0.2) is 54.0 Å². The smallest absolute Gasteiger partial charge is 0.394 e. The van der Waals surface area contributed by atoms with Gasteiger partial charge in [0.15, 0.2) is 0 Å². The van der Waals surface area contributed by atoms with Gasteiger partial charge in [-0.3, -0.25) is 4.90 Å². The number of aliphatic hydroxyl groups is 1. The molecule has 0 aromatic heterocycles. The molecule has 3 nitrogen and oxygen atoms in total. The maximum absolute atomic E-state index is 12.7. The molecule has 1 rings (SSSR count). The van der Waals surface area contributed by atoms with Crippen molar-refractivity contribution in [3.05, 3.63) is 0 Å². The molecule has 1 saturated carbocycles. The number of halogens is 3. The highest BCUT2D eigenvalue weighted by Gasteiger charge is 2.41. The molecule has 2 unspecified atom stereocenters. The van der Waals surface area contributed by atoms with E-state index in [2.05, 4.69) is 5.32 Å². The molecule has 0 saturated heterocycles.